The highest BCUT2D eigenvalue weighted by Crippen LogP contribution is 2.23. The van der Waals surface area contributed by atoms with Gasteiger partial charge in [-0.1, -0.05) is 26.2 Å². The number of hydrogen-bond acceptors (Lipinski definition) is 14. The second-order valence-electron chi connectivity index (χ2n) is 8.41. The first-order valence-corrected chi connectivity index (χ1v) is 13.4. The summed E-state index contributed by atoms with van der Waals surface area (Å²) in [4.78, 5) is 33.2. The fourth-order valence-electron chi connectivity index (χ4n) is 3.18. The number of H-pyrrole nitrogens is 1. The molecule has 16 nitrogen and oxygen atoms in total. The monoisotopic (exact) mass is 698 g/mol. The highest BCUT2D eigenvalue weighted by Gasteiger charge is 2.18. The number of aromatic nitrogens is 10. The minimum atomic E-state index is -2.86. The highest BCUT2D eigenvalue weighted by atomic mass is 79.9. The van der Waals surface area contributed by atoms with Gasteiger partial charge in [-0.3, -0.25) is 9.59 Å². The van der Waals surface area contributed by atoms with Gasteiger partial charge in [0.2, 0.25) is 29.1 Å². The molecule has 0 bridgehead atoms. The third kappa shape index (κ3) is 9.08. The summed E-state index contributed by atoms with van der Waals surface area (Å²) in [5, 5.41) is 21.2. The van der Waals surface area contributed by atoms with Gasteiger partial charge in [-0.25, -0.2) is 0 Å². The normalized spacial score (nSPS) is 10.9. The van der Waals surface area contributed by atoms with E-state index in [4.69, 9.17) is 8.94 Å². The van der Waals surface area contributed by atoms with Gasteiger partial charge in [0.15, 0.2) is 11.6 Å². The molecule has 0 amide bonds. The number of pyridine rings is 2. The van der Waals surface area contributed by atoms with Crippen LogP contribution in [0.2, 0.25) is 0 Å². The summed E-state index contributed by atoms with van der Waals surface area (Å²) in [6.07, 6.45) is -2.85. The Kier molecular flexibility index (Phi) is 10.8. The Balaban J connectivity index is 0.000000172. The van der Waals surface area contributed by atoms with Crippen molar-refractivity contribution in [3.05, 3.63) is 92.6 Å². The topological polar surface area (TPSA) is 211 Å². The molecule has 0 aromatic carbocycles. The van der Waals surface area contributed by atoms with Gasteiger partial charge in [-0.15, -0.1) is 20.4 Å². The van der Waals surface area contributed by atoms with Gasteiger partial charge in [0, 0.05) is 49.5 Å². The van der Waals surface area contributed by atoms with Gasteiger partial charge in [0.25, 0.3) is 17.3 Å². The summed E-state index contributed by atoms with van der Waals surface area (Å²) in [6, 6.07) is 5.36. The summed E-state index contributed by atoms with van der Waals surface area (Å²) in [6.45, 7) is 3.53. The van der Waals surface area contributed by atoms with Crippen LogP contribution >= 0.6 is 15.9 Å². The second-order valence-corrected chi connectivity index (χ2v) is 8.97. The van der Waals surface area contributed by atoms with Crippen LogP contribution in [0.5, 0.6) is 0 Å². The van der Waals surface area contributed by atoms with Crippen LogP contribution in [0.4, 0.5) is 17.6 Å². The molecular formula is C24H19BrF4N10O6. The zero-order valence-corrected chi connectivity index (χ0v) is 24.5. The first-order chi connectivity index (χ1) is 21.5. The fourth-order valence-corrected chi connectivity index (χ4v) is 3.41. The van der Waals surface area contributed by atoms with Gasteiger partial charge in [-0.05, 0) is 12.1 Å². The predicted molar refractivity (Wildman–Crippen MR) is 144 cm³/mol. The molecule has 0 fully saturated rings. The molecule has 6 aromatic rings. The number of aryl methyl sites for hydroxylation is 2. The van der Waals surface area contributed by atoms with Crippen molar-refractivity contribution in [1.29, 1.82) is 0 Å². The summed E-state index contributed by atoms with van der Waals surface area (Å²) in [7, 11) is 0. The lowest BCUT2D eigenvalue weighted by Crippen LogP contribution is -2.19. The van der Waals surface area contributed by atoms with E-state index in [0.717, 1.165) is 0 Å². The summed E-state index contributed by atoms with van der Waals surface area (Å²) < 4.78 is 69.3. The molecule has 0 aliphatic carbocycles. The second kappa shape index (κ2) is 14.9. The van der Waals surface area contributed by atoms with Crippen LogP contribution in [-0.2, 0) is 11.9 Å². The van der Waals surface area contributed by atoms with Crippen LogP contribution in [0, 0.1) is 13.8 Å². The molecule has 0 aliphatic heterocycles. The molecule has 0 atom stereocenters. The molecule has 0 radical (unpaired) electrons. The van der Waals surface area contributed by atoms with Crippen molar-refractivity contribution in [2.75, 3.05) is 0 Å². The Hall–Kier alpha value is -5.34. The zero-order valence-electron chi connectivity index (χ0n) is 22.9. The maximum Gasteiger partial charge on any atom is 0.314 e. The van der Waals surface area contributed by atoms with Crippen molar-refractivity contribution in [2.45, 2.75) is 38.6 Å². The number of nitrogens with zero attached hydrogens (tertiary/aromatic N) is 9. The Morgan fingerprint density at radius 3 is 1.80 bits per heavy atom. The maximum atomic E-state index is 12.4. The zero-order chi connectivity index (χ0) is 32.5. The fraction of sp³-hybridized carbons (Fsp3) is 0.250. The molecular weight excluding hydrogens is 680 g/mol. The van der Waals surface area contributed by atoms with E-state index < -0.39 is 30.2 Å². The number of halogens is 5. The summed E-state index contributed by atoms with van der Waals surface area (Å²) in [5.74, 6) is 0.259. The third-order valence-electron chi connectivity index (χ3n) is 5.09. The number of hydrogen-bond donors (Lipinski definition) is 1. The molecule has 0 aliphatic rings. The van der Waals surface area contributed by atoms with Crippen LogP contribution in [0.15, 0.2) is 64.1 Å². The number of rotatable bonds is 7. The maximum absolute atomic E-state index is 12.4. The van der Waals surface area contributed by atoms with Crippen LogP contribution in [0.25, 0.3) is 22.9 Å². The van der Waals surface area contributed by atoms with Crippen LogP contribution in [0.3, 0.4) is 0 Å². The van der Waals surface area contributed by atoms with Gasteiger partial charge in [0.1, 0.15) is 0 Å². The third-order valence-corrected chi connectivity index (χ3v) is 5.59. The number of alkyl halides is 5. The SMILES string of the molecule is Cc1nc(CBr)no1.Cc1nc(Cn2ccc(-c3nnc(C(F)F)o3)cc2=O)no1.O=c1cc(-c2nnc(C(F)F)o2)cc[nH]1. The average molecular weight is 699 g/mol. The molecule has 6 rings (SSSR count). The predicted octanol–water partition coefficient (Wildman–Crippen LogP) is 4.21. The molecule has 0 saturated heterocycles. The first kappa shape index (κ1) is 32.6. The summed E-state index contributed by atoms with van der Waals surface area (Å²) in [5.41, 5.74) is -0.205. The van der Waals surface area contributed by atoms with E-state index >= 15 is 0 Å². The number of nitrogens with one attached hydrogen (secondary N) is 1. The highest BCUT2D eigenvalue weighted by molar-refractivity contribution is 9.08. The Morgan fingerprint density at radius 1 is 0.822 bits per heavy atom. The molecule has 6 aromatic heterocycles. The molecule has 0 unspecified atom stereocenters. The van der Waals surface area contributed by atoms with E-state index in [1.807, 2.05) is 0 Å². The molecule has 6 heterocycles. The average Bonchev–Trinajstić information content (AvgIpc) is 3.83. The smallest absolute Gasteiger partial charge is 0.314 e. The van der Waals surface area contributed by atoms with E-state index in [2.05, 4.69) is 70.5 Å². The van der Waals surface area contributed by atoms with Crippen molar-refractivity contribution in [2.24, 2.45) is 0 Å². The molecule has 1 N–H and O–H groups in total. The van der Waals surface area contributed by atoms with Gasteiger partial charge in [0.05, 0.1) is 11.9 Å². The lowest BCUT2D eigenvalue weighted by atomic mass is 10.2. The van der Waals surface area contributed by atoms with Gasteiger partial charge in [-0.2, -0.15) is 27.5 Å². The number of aromatic amines is 1. The van der Waals surface area contributed by atoms with Crippen molar-refractivity contribution in [3.8, 4) is 22.9 Å². The van der Waals surface area contributed by atoms with E-state index in [0.29, 0.717) is 34.3 Å². The van der Waals surface area contributed by atoms with Crippen LogP contribution < -0.4 is 11.1 Å². The quantitative estimate of drug-likeness (QED) is 0.183. The Morgan fingerprint density at radius 2 is 1.38 bits per heavy atom. The molecule has 45 heavy (non-hydrogen) atoms. The van der Waals surface area contributed by atoms with Crippen molar-refractivity contribution >= 4 is 15.9 Å². The minimum Gasteiger partial charge on any atom is -0.415 e. The largest absolute Gasteiger partial charge is 0.415 e. The summed E-state index contributed by atoms with van der Waals surface area (Å²) >= 11 is 3.19. The Labute approximate surface area is 255 Å². The Bertz CT molecular complexity index is 1950. The standard InChI is InChI=1S/C12H9F2N5O3.C8H5F2N3O2.C4H5BrN2O/c1-6-15-8(18-22-6)5-19-3-2-7(4-9(19)20)11-16-17-12(21-11)10(13)14;9-6(10)8-13-12-7(15-8)4-1-2-11-5(14)3-4;1-3-6-4(2-5)7-8-3/h2-4,10H,5H2,1H3;1-3,6H,(H,11,14);2H2,1H3. The van der Waals surface area contributed by atoms with Crippen LogP contribution in [-0.4, -0.2) is 50.2 Å². The van der Waals surface area contributed by atoms with Crippen molar-refractivity contribution in [1.82, 2.24) is 50.2 Å². The van der Waals surface area contributed by atoms with Gasteiger partial charge < -0.3 is 27.4 Å². The van der Waals surface area contributed by atoms with E-state index in [1.54, 1.807) is 13.8 Å². The van der Waals surface area contributed by atoms with Crippen LogP contribution in [0.1, 0.15) is 48.1 Å². The molecule has 236 valence electrons. The van der Waals surface area contributed by atoms with E-state index in [9.17, 15) is 27.2 Å². The molecule has 21 heteroatoms. The van der Waals surface area contributed by atoms with Gasteiger partial charge >= 0.3 is 12.9 Å². The minimum absolute atomic E-state index is 0.101. The van der Waals surface area contributed by atoms with E-state index in [-0.39, 0.29) is 29.4 Å². The lowest BCUT2D eigenvalue weighted by Gasteiger charge is -2.02. The first-order valence-electron chi connectivity index (χ1n) is 12.3. The van der Waals surface area contributed by atoms with E-state index in [1.165, 1.54) is 41.2 Å². The van der Waals surface area contributed by atoms with Crippen molar-refractivity contribution < 1.29 is 35.4 Å². The lowest BCUT2D eigenvalue weighted by molar-refractivity contribution is 0.115. The molecule has 0 saturated carbocycles. The molecule has 0 spiro atoms. The van der Waals surface area contributed by atoms with Crippen molar-refractivity contribution in [3.63, 3.8) is 0 Å².